The fraction of sp³-hybridized carbons (Fsp3) is 0.811. The molecule has 0 aromatic rings. The van der Waals surface area contributed by atoms with Crippen molar-refractivity contribution in [2.24, 2.45) is 11.8 Å². The fourth-order valence-corrected chi connectivity index (χ4v) is 5.16. The van der Waals surface area contributed by atoms with Crippen LogP contribution in [0.4, 0.5) is 4.79 Å². The summed E-state index contributed by atoms with van der Waals surface area (Å²) in [5.41, 5.74) is -0.690. The van der Waals surface area contributed by atoms with Crippen LogP contribution in [0, 0.1) is 11.8 Å². The molecule has 0 saturated heterocycles. The van der Waals surface area contributed by atoms with Gasteiger partial charge in [-0.2, -0.15) is 0 Å². The average molecular weight is 622 g/mol. The molecule has 7 nitrogen and oxygen atoms in total. The maximum absolute atomic E-state index is 13.0. The van der Waals surface area contributed by atoms with E-state index >= 15 is 0 Å². The summed E-state index contributed by atoms with van der Waals surface area (Å²) in [6.45, 7) is 10.3. The van der Waals surface area contributed by atoms with Gasteiger partial charge in [-0.15, -0.1) is 0 Å². The third-order valence-corrected chi connectivity index (χ3v) is 7.97. The van der Waals surface area contributed by atoms with E-state index in [9.17, 15) is 24.6 Å². The van der Waals surface area contributed by atoms with E-state index in [0.29, 0.717) is 25.7 Å². The Morgan fingerprint density at radius 3 is 1.30 bits per heavy atom. The van der Waals surface area contributed by atoms with Gasteiger partial charge in [0.15, 0.2) is 0 Å². The summed E-state index contributed by atoms with van der Waals surface area (Å²) in [6, 6.07) is 0. The zero-order valence-corrected chi connectivity index (χ0v) is 29.0. The normalized spacial score (nSPS) is 13.4. The number of hydrogen-bond acceptors (Lipinski definition) is 4. The van der Waals surface area contributed by atoms with Crippen molar-refractivity contribution in [1.82, 2.24) is 4.90 Å². The number of ether oxygens (including phenoxy) is 1. The molecule has 2 unspecified atom stereocenters. The van der Waals surface area contributed by atoms with E-state index in [1.807, 2.05) is 0 Å². The summed E-state index contributed by atoms with van der Waals surface area (Å²) in [7, 11) is 0. The zero-order valence-electron chi connectivity index (χ0n) is 29.0. The summed E-state index contributed by atoms with van der Waals surface area (Å²) in [5.74, 6) is -2.75. The summed E-state index contributed by atoms with van der Waals surface area (Å²) in [4.78, 5) is 38.5. The van der Waals surface area contributed by atoms with Crippen LogP contribution in [0.3, 0.4) is 0 Å². The number of carboxylic acid groups (broad SMARTS) is 2. The number of carboxylic acids is 2. The number of carbonyl (C=O) groups excluding carboxylic acids is 1. The van der Waals surface area contributed by atoms with Gasteiger partial charge in [-0.3, -0.25) is 9.59 Å². The van der Waals surface area contributed by atoms with Crippen molar-refractivity contribution in [2.75, 3.05) is 13.1 Å². The number of hydrogen-bond donors (Lipinski definition) is 2. The molecule has 0 heterocycles. The monoisotopic (exact) mass is 621 g/mol. The predicted octanol–water partition coefficient (Wildman–Crippen LogP) is 10.6. The minimum atomic E-state index is -0.840. The van der Waals surface area contributed by atoms with Crippen LogP contribution in [0.5, 0.6) is 0 Å². The Hall–Kier alpha value is -2.31. The third kappa shape index (κ3) is 25.1. The van der Waals surface area contributed by atoms with E-state index in [1.165, 1.54) is 30.6 Å². The Balaban J connectivity index is 4.77. The lowest BCUT2D eigenvalue weighted by molar-refractivity contribution is -0.143. The number of unbranched alkanes of at least 4 members (excludes halogenated alkanes) is 12. The van der Waals surface area contributed by atoms with E-state index in [0.717, 1.165) is 77.0 Å². The number of carbonyl (C=O) groups is 3. The van der Waals surface area contributed by atoms with E-state index in [-0.39, 0.29) is 13.1 Å². The molecule has 0 aromatic heterocycles. The van der Waals surface area contributed by atoms with E-state index < -0.39 is 35.5 Å². The SMILES string of the molecule is CCCC/C=C\CCCCCCC(CCN(CCC(CCCCCC/C=C\CCCC)C(=O)O)C(=O)OC(C)(C)C)C(=O)O. The van der Waals surface area contributed by atoms with Crippen LogP contribution in [0.2, 0.25) is 0 Å². The Morgan fingerprint density at radius 1 is 0.591 bits per heavy atom. The Kier molecular flexibility index (Phi) is 25.6. The molecule has 0 radical (unpaired) electrons. The standard InChI is InChI=1S/C37H67NO6/c1-6-8-10-12-14-16-18-20-22-24-26-32(34(39)40)28-30-38(36(43)44-37(3,4)5)31-29-33(35(41)42)27-25-23-21-19-17-15-13-11-9-7-2/h12-15,32-33H,6-11,16-31H2,1-5H3,(H,39,40)(H,41,42)/b14-12-,15-13-. The Labute approximate surface area is 269 Å². The van der Waals surface area contributed by atoms with Gasteiger partial charge in [-0.25, -0.2) is 4.79 Å². The summed E-state index contributed by atoms with van der Waals surface area (Å²) in [5, 5.41) is 19.7. The quantitative estimate of drug-likeness (QED) is 0.0665. The highest BCUT2D eigenvalue weighted by Crippen LogP contribution is 2.21. The number of aliphatic carboxylic acids is 2. The number of nitrogens with zero attached hydrogens (tertiary/aromatic N) is 1. The van der Waals surface area contributed by atoms with Gasteiger partial charge in [-0.05, 0) is 85.0 Å². The smallest absolute Gasteiger partial charge is 0.410 e. The van der Waals surface area contributed by atoms with Gasteiger partial charge in [0, 0.05) is 13.1 Å². The second-order valence-corrected chi connectivity index (χ2v) is 13.3. The first-order valence-electron chi connectivity index (χ1n) is 17.7. The second kappa shape index (κ2) is 27.0. The van der Waals surface area contributed by atoms with Gasteiger partial charge in [0.1, 0.15) is 5.60 Å². The molecule has 1 amide bonds. The van der Waals surface area contributed by atoms with Gasteiger partial charge < -0.3 is 19.8 Å². The molecule has 0 bridgehead atoms. The largest absolute Gasteiger partial charge is 0.481 e. The highest BCUT2D eigenvalue weighted by Gasteiger charge is 2.26. The van der Waals surface area contributed by atoms with Crippen molar-refractivity contribution in [3.63, 3.8) is 0 Å². The van der Waals surface area contributed by atoms with Crippen LogP contribution in [0.25, 0.3) is 0 Å². The first-order valence-corrected chi connectivity index (χ1v) is 17.7. The lowest BCUT2D eigenvalue weighted by atomic mass is 9.96. The first-order chi connectivity index (χ1) is 21.0. The van der Waals surface area contributed by atoms with Gasteiger partial charge >= 0.3 is 18.0 Å². The summed E-state index contributed by atoms with van der Waals surface area (Å²) < 4.78 is 5.60. The van der Waals surface area contributed by atoms with Crippen LogP contribution in [0.15, 0.2) is 24.3 Å². The highest BCUT2D eigenvalue weighted by molar-refractivity contribution is 5.71. The molecule has 2 atom stereocenters. The molecule has 0 aliphatic heterocycles. The molecule has 2 N–H and O–H groups in total. The van der Waals surface area contributed by atoms with Crippen molar-refractivity contribution in [3.8, 4) is 0 Å². The zero-order chi connectivity index (χ0) is 33.1. The van der Waals surface area contributed by atoms with Crippen LogP contribution in [-0.4, -0.2) is 51.8 Å². The van der Waals surface area contributed by atoms with Crippen LogP contribution >= 0.6 is 0 Å². The van der Waals surface area contributed by atoms with Crippen molar-refractivity contribution >= 4 is 18.0 Å². The van der Waals surface area contributed by atoms with Crippen LogP contribution < -0.4 is 0 Å². The topological polar surface area (TPSA) is 104 Å². The van der Waals surface area contributed by atoms with Gasteiger partial charge in [0.05, 0.1) is 11.8 Å². The summed E-state index contributed by atoms with van der Waals surface area (Å²) in [6.07, 6.45) is 27.8. The van der Waals surface area contributed by atoms with E-state index in [4.69, 9.17) is 4.74 Å². The average Bonchev–Trinajstić information content (AvgIpc) is 2.95. The third-order valence-electron chi connectivity index (χ3n) is 7.97. The van der Waals surface area contributed by atoms with Gasteiger partial charge in [0.2, 0.25) is 0 Å². The van der Waals surface area contributed by atoms with Gasteiger partial charge in [0.25, 0.3) is 0 Å². The maximum Gasteiger partial charge on any atom is 0.410 e. The van der Waals surface area contributed by atoms with Crippen molar-refractivity contribution in [2.45, 2.75) is 169 Å². The molecule has 0 spiro atoms. The number of allylic oxidation sites excluding steroid dienone is 4. The van der Waals surface area contributed by atoms with E-state index in [2.05, 4.69) is 38.2 Å². The molecule has 44 heavy (non-hydrogen) atoms. The lowest BCUT2D eigenvalue weighted by Gasteiger charge is -2.29. The molecule has 256 valence electrons. The molecule has 0 saturated carbocycles. The molecule has 0 aliphatic rings. The van der Waals surface area contributed by atoms with Gasteiger partial charge in [-0.1, -0.05) is 102 Å². The number of rotatable bonds is 28. The molecule has 0 aromatic carbocycles. The molecule has 0 aliphatic carbocycles. The lowest BCUT2D eigenvalue weighted by Crippen LogP contribution is -2.40. The number of amides is 1. The van der Waals surface area contributed by atoms with E-state index in [1.54, 1.807) is 20.8 Å². The van der Waals surface area contributed by atoms with Crippen molar-refractivity contribution < 1.29 is 29.3 Å². The Morgan fingerprint density at radius 2 is 0.955 bits per heavy atom. The van der Waals surface area contributed by atoms with Crippen LogP contribution in [-0.2, 0) is 14.3 Å². The minimum Gasteiger partial charge on any atom is -0.481 e. The maximum atomic E-state index is 13.0. The fourth-order valence-electron chi connectivity index (χ4n) is 5.16. The Bertz CT molecular complexity index is 748. The molecule has 0 fully saturated rings. The molecular weight excluding hydrogens is 554 g/mol. The highest BCUT2D eigenvalue weighted by atomic mass is 16.6. The first kappa shape index (κ1) is 41.7. The minimum absolute atomic E-state index is 0.243. The van der Waals surface area contributed by atoms with Crippen molar-refractivity contribution in [3.05, 3.63) is 24.3 Å². The molecular formula is C37H67NO6. The molecule has 7 heteroatoms. The van der Waals surface area contributed by atoms with Crippen LogP contribution in [0.1, 0.15) is 163 Å². The summed E-state index contributed by atoms with van der Waals surface area (Å²) >= 11 is 0. The predicted molar refractivity (Wildman–Crippen MR) is 182 cm³/mol. The second-order valence-electron chi connectivity index (χ2n) is 13.3. The van der Waals surface area contributed by atoms with Crippen molar-refractivity contribution in [1.29, 1.82) is 0 Å². The molecule has 0 rings (SSSR count).